The molecule has 0 saturated carbocycles. The van der Waals surface area contributed by atoms with Gasteiger partial charge in [0.05, 0.1) is 18.1 Å². The molecule has 3 unspecified atom stereocenters. The van der Waals surface area contributed by atoms with Crippen LogP contribution in [0.2, 0.25) is 0 Å². The number of aliphatic hydroxyl groups is 2. The first-order chi connectivity index (χ1) is 8.09. The van der Waals surface area contributed by atoms with Gasteiger partial charge in [0, 0.05) is 0 Å². The van der Waals surface area contributed by atoms with Crippen LogP contribution in [0.25, 0.3) is 0 Å². The molecule has 3 atom stereocenters. The molecule has 0 aromatic rings. The van der Waals surface area contributed by atoms with E-state index in [4.69, 9.17) is 5.11 Å². The Morgan fingerprint density at radius 1 is 0.944 bits per heavy atom. The van der Waals surface area contributed by atoms with Crippen LogP contribution in [0.3, 0.4) is 0 Å². The summed E-state index contributed by atoms with van der Waals surface area (Å²) in [6, 6.07) is 0. The molecule has 0 fully saturated rings. The molecular formula is C14H30O4. The van der Waals surface area contributed by atoms with Gasteiger partial charge in [-0.05, 0) is 31.6 Å². The molecule has 110 valence electrons. The van der Waals surface area contributed by atoms with E-state index >= 15 is 0 Å². The van der Waals surface area contributed by atoms with Crippen LogP contribution in [0.4, 0.5) is 0 Å². The van der Waals surface area contributed by atoms with E-state index in [1.165, 1.54) is 0 Å². The fourth-order valence-electron chi connectivity index (χ4n) is 1.01. The second-order valence-electron chi connectivity index (χ2n) is 5.60. The summed E-state index contributed by atoms with van der Waals surface area (Å²) in [6.07, 6.45) is 1.22. The van der Waals surface area contributed by atoms with Crippen molar-refractivity contribution >= 4 is 5.97 Å². The summed E-state index contributed by atoms with van der Waals surface area (Å²) in [4.78, 5) is 9.70. The zero-order chi connectivity index (χ0) is 14.9. The monoisotopic (exact) mass is 262 g/mol. The summed E-state index contributed by atoms with van der Waals surface area (Å²) in [7, 11) is 0. The Labute approximate surface area is 111 Å². The van der Waals surface area contributed by atoms with Crippen LogP contribution in [-0.4, -0.2) is 33.5 Å². The molecule has 4 nitrogen and oxygen atoms in total. The molecule has 0 aromatic carbocycles. The normalized spacial score (nSPS) is 15.9. The van der Waals surface area contributed by atoms with Gasteiger partial charge >= 0.3 is 5.97 Å². The molecule has 0 aromatic heterocycles. The third-order valence-corrected chi connectivity index (χ3v) is 3.00. The minimum atomic E-state index is -0.741. The highest BCUT2D eigenvalue weighted by atomic mass is 16.4. The topological polar surface area (TPSA) is 77.8 Å². The average Bonchev–Trinajstić information content (AvgIpc) is 2.25. The van der Waals surface area contributed by atoms with Crippen molar-refractivity contribution in [2.24, 2.45) is 17.8 Å². The van der Waals surface area contributed by atoms with Gasteiger partial charge in [0.15, 0.2) is 0 Å². The smallest absolute Gasteiger partial charge is 0.305 e. The Kier molecular flexibility index (Phi) is 11.3. The van der Waals surface area contributed by atoms with Crippen molar-refractivity contribution < 1.29 is 20.1 Å². The highest BCUT2D eigenvalue weighted by molar-refractivity contribution is 5.68. The van der Waals surface area contributed by atoms with Gasteiger partial charge < -0.3 is 15.3 Å². The van der Waals surface area contributed by atoms with Gasteiger partial charge in [-0.25, -0.2) is 0 Å². The Hall–Kier alpha value is -0.610. The molecule has 0 radical (unpaired) electrons. The maximum Gasteiger partial charge on any atom is 0.305 e. The molecule has 18 heavy (non-hydrogen) atoms. The first kappa shape index (κ1) is 19.7. The van der Waals surface area contributed by atoms with Crippen LogP contribution in [0.15, 0.2) is 0 Å². The summed E-state index contributed by atoms with van der Waals surface area (Å²) in [6.45, 7) is 11.1. The SMILES string of the molecule is CC(C)C(=O)O.CC(C)C(O)CCC(C)C(C)O. The van der Waals surface area contributed by atoms with E-state index in [-0.39, 0.29) is 18.1 Å². The summed E-state index contributed by atoms with van der Waals surface area (Å²) in [5.41, 5.74) is 0. The molecule has 0 aliphatic carbocycles. The van der Waals surface area contributed by atoms with E-state index in [2.05, 4.69) is 0 Å². The van der Waals surface area contributed by atoms with Crippen molar-refractivity contribution in [3.8, 4) is 0 Å². The zero-order valence-corrected chi connectivity index (χ0v) is 12.6. The summed E-state index contributed by atoms with van der Waals surface area (Å²) in [5, 5.41) is 26.7. The number of hydrogen-bond acceptors (Lipinski definition) is 3. The lowest BCUT2D eigenvalue weighted by Gasteiger charge is -2.18. The van der Waals surface area contributed by atoms with E-state index in [1.54, 1.807) is 20.8 Å². The van der Waals surface area contributed by atoms with E-state index in [9.17, 15) is 15.0 Å². The van der Waals surface area contributed by atoms with E-state index in [1.807, 2.05) is 20.8 Å². The number of carbonyl (C=O) groups is 1. The largest absolute Gasteiger partial charge is 0.481 e. The number of rotatable bonds is 6. The lowest BCUT2D eigenvalue weighted by atomic mass is 9.94. The zero-order valence-electron chi connectivity index (χ0n) is 12.6. The van der Waals surface area contributed by atoms with Crippen molar-refractivity contribution in [1.29, 1.82) is 0 Å². The molecule has 0 rings (SSSR count). The van der Waals surface area contributed by atoms with Crippen LogP contribution >= 0.6 is 0 Å². The lowest BCUT2D eigenvalue weighted by Crippen LogP contribution is -2.19. The number of carboxylic acid groups (broad SMARTS) is 1. The van der Waals surface area contributed by atoms with Gasteiger partial charge in [0.2, 0.25) is 0 Å². The van der Waals surface area contributed by atoms with Crippen molar-refractivity contribution in [3.63, 3.8) is 0 Å². The molecule has 0 spiro atoms. The summed E-state index contributed by atoms with van der Waals surface area (Å²) in [5.74, 6) is -0.357. The van der Waals surface area contributed by atoms with Crippen molar-refractivity contribution in [3.05, 3.63) is 0 Å². The molecular weight excluding hydrogens is 232 g/mol. The average molecular weight is 262 g/mol. The van der Waals surface area contributed by atoms with Crippen LogP contribution < -0.4 is 0 Å². The molecule has 0 aliphatic rings. The van der Waals surface area contributed by atoms with Crippen LogP contribution in [0, 0.1) is 17.8 Å². The maximum atomic E-state index is 9.70. The van der Waals surface area contributed by atoms with Crippen LogP contribution in [0.5, 0.6) is 0 Å². The van der Waals surface area contributed by atoms with Crippen LogP contribution in [0.1, 0.15) is 54.4 Å². The van der Waals surface area contributed by atoms with E-state index in [0.29, 0.717) is 11.8 Å². The predicted molar refractivity (Wildman–Crippen MR) is 73.4 cm³/mol. The fourth-order valence-corrected chi connectivity index (χ4v) is 1.01. The standard InChI is InChI=1S/C10H22O2.C4H8O2/c1-7(2)10(12)6-5-8(3)9(4)11;1-3(2)4(5)6/h7-12H,5-6H2,1-4H3;3H,1-2H3,(H,5,6). The van der Waals surface area contributed by atoms with E-state index < -0.39 is 5.97 Å². The summed E-state index contributed by atoms with van der Waals surface area (Å²) >= 11 is 0. The molecule has 0 heterocycles. The van der Waals surface area contributed by atoms with Gasteiger partial charge in [-0.2, -0.15) is 0 Å². The number of hydrogen-bond donors (Lipinski definition) is 3. The van der Waals surface area contributed by atoms with Gasteiger partial charge in [-0.1, -0.05) is 34.6 Å². The van der Waals surface area contributed by atoms with Crippen molar-refractivity contribution in [2.75, 3.05) is 0 Å². The number of carboxylic acids is 1. The van der Waals surface area contributed by atoms with Crippen molar-refractivity contribution in [1.82, 2.24) is 0 Å². The Bertz CT molecular complexity index is 198. The maximum absolute atomic E-state index is 9.70. The quantitative estimate of drug-likeness (QED) is 0.687. The van der Waals surface area contributed by atoms with Gasteiger partial charge in [-0.15, -0.1) is 0 Å². The Morgan fingerprint density at radius 2 is 1.33 bits per heavy atom. The second-order valence-corrected chi connectivity index (χ2v) is 5.60. The first-order valence-electron chi connectivity index (χ1n) is 6.68. The molecule has 0 bridgehead atoms. The third-order valence-electron chi connectivity index (χ3n) is 3.00. The Balaban J connectivity index is 0. The minimum Gasteiger partial charge on any atom is -0.481 e. The highest BCUT2D eigenvalue weighted by Gasteiger charge is 2.13. The molecule has 0 aliphatic heterocycles. The summed E-state index contributed by atoms with van der Waals surface area (Å²) < 4.78 is 0. The Morgan fingerprint density at radius 3 is 1.56 bits per heavy atom. The number of aliphatic carboxylic acids is 1. The lowest BCUT2D eigenvalue weighted by molar-refractivity contribution is -0.140. The minimum absolute atomic E-state index is 0.216. The fraction of sp³-hybridized carbons (Fsp3) is 0.929. The first-order valence-corrected chi connectivity index (χ1v) is 6.68. The predicted octanol–water partition coefficient (Wildman–Crippen LogP) is 2.53. The van der Waals surface area contributed by atoms with E-state index in [0.717, 1.165) is 12.8 Å². The third kappa shape index (κ3) is 11.9. The van der Waals surface area contributed by atoms with Gasteiger partial charge in [-0.3, -0.25) is 4.79 Å². The number of aliphatic hydroxyl groups excluding tert-OH is 2. The van der Waals surface area contributed by atoms with Gasteiger partial charge in [0.25, 0.3) is 0 Å². The molecule has 0 saturated heterocycles. The second kappa shape index (κ2) is 10.3. The molecule has 3 N–H and O–H groups in total. The molecule has 0 amide bonds. The molecule has 4 heteroatoms. The van der Waals surface area contributed by atoms with Crippen molar-refractivity contribution in [2.45, 2.75) is 66.6 Å². The highest BCUT2D eigenvalue weighted by Crippen LogP contribution is 2.15. The van der Waals surface area contributed by atoms with Gasteiger partial charge in [0.1, 0.15) is 0 Å². The van der Waals surface area contributed by atoms with Crippen LogP contribution in [-0.2, 0) is 4.79 Å².